The summed E-state index contributed by atoms with van der Waals surface area (Å²) in [5.74, 6) is -1.13. The van der Waals surface area contributed by atoms with Crippen LogP contribution < -0.4 is 5.32 Å². The first-order valence-corrected chi connectivity index (χ1v) is 8.11. The number of halogens is 1. The predicted octanol–water partition coefficient (Wildman–Crippen LogP) is 1.90. The molecule has 0 aliphatic heterocycles. The molecular formula is C17H24FN3O3. The Morgan fingerprint density at radius 3 is 2.46 bits per heavy atom. The summed E-state index contributed by atoms with van der Waals surface area (Å²) in [7, 11) is 1.69. The molecule has 0 aromatic heterocycles. The summed E-state index contributed by atoms with van der Waals surface area (Å²) < 4.78 is 12.9. The van der Waals surface area contributed by atoms with E-state index in [-0.39, 0.29) is 30.5 Å². The van der Waals surface area contributed by atoms with Gasteiger partial charge >= 0.3 is 12.0 Å². The quantitative estimate of drug-likeness (QED) is 0.797. The maximum absolute atomic E-state index is 12.9. The number of urea groups is 1. The Kier molecular flexibility index (Phi) is 6.14. The van der Waals surface area contributed by atoms with Gasteiger partial charge < -0.3 is 15.3 Å². The summed E-state index contributed by atoms with van der Waals surface area (Å²) in [5, 5.41) is 11.8. The number of amides is 2. The maximum Gasteiger partial charge on any atom is 0.317 e. The molecule has 0 unspecified atom stereocenters. The second-order valence-electron chi connectivity index (χ2n) is 6.21. The average Bonchev–Trinajstić information content (AvgIpc) is 2.50. The van der Waals surface area contributed by atoms with E-state index in [0.717, 1.165) is 18.4 Å². The Balaban J connectivity index is 1.75. The molecule has 1 aromatic carbocycles. The average molecular weight is 337 g/mol. The van der Waals surface area contributed by atoms with E-state index in [1.165, 1.54) is 12.1 Å². The van der Waals surface area contributed by atoms with E-state index in [0.29, 0.717) is 13.1 Å². The molecule has 24 heavy (non-hydrogen) atoms. The molecule has 2 amide bonds. The van der Waals surface area contributed by atoms with Crippen LogP contribution in [0.25, 0.3) is 0 Å². The lowest BCUT2D eigenvalue weighted by atomic mass is 9.85. The lowest BCUT2D eigenvalue weighted by molar-refractivity contribution is -0.139. The second kappa shape index (κ2) is 8.10. The van der Waals surface area contributed by atoms with Crippen molar-refractivity contribution >= 4 is 12.0 Å². The van der Waals surface area contributed by atoms with Gasteiger partial charge in [-0.05, 0) is 37.1 Å². The van der Waals surface area contributed by atoms with Crippen LogP contribution in [0.3, 0.4) is 0 Å². The summed E-state index contributed by atoms with van der Waals surface area (Å²) in [6.45, 7) is 3.06. The second-order valence-corrected chi connectivity index (χ2v) is 6.21. The fourth-order valence-corrected chi connectivity index (χ4v) is 2.90. The van der Waals surface area contributed by atoms with E-state index in [1.807, 2.05) is 11.8 Å². The zero-order valence-corrected chi connectivity index (χ0v) is 14.0. The first-order chi connectivity index (χ1) is 11.4. The number of hydrogen-bond donors (Lipinski definition) is 2. The van der Waals surface area contributed by atoms with Crippen molar-refractivity contribution in [2.24, 2.45) is 0 Å². The number of benzene rings is 1. The van der Waals surface area contributed by atoms with Crippen molar-refractivity contribution in [1.82, 2.24) is 15.1 Å². The first-order valence-electron chi connectivity index (χ1n) is 8.11. The molecular weight excluding hydrogens is 313 g/mol. The van der Waals surface area contributed by atoms with Crippen molar-refractivity contribution in [3.63, 3.8) is 0 Å². The van der Waals surface area contributed by atoms with Crippen LogP contribution in [0, 0.1) is 5.82 Å². The third-order valence-electron chi connectivity index (χ3n) is 4.38. The number of carboxylic acid groups (broad SMARTS) is 1. The Labute approximate surface area is 141 Å². The van der Waals surface area contributed by atoms with Gasteiger partial charge in [0, 0.05) is 25.7 Å². The molecule has 1 saturated carbocycles. The highest BCUT2D eigenvalue weighted by atomic mass is 19.1. The van der Waals surface area contributed by atoms with Gasteiger partial charge in [-0.25, -0.2) is 9.18 Å². The zero-order chi connectivity index (χ0) is 17.7. The lowest BCUT2D eigenvalue weighted by Crippen LogP contribution is -2.56. The number of hydrogen-bond acceptors (Lipinski definition) is 3. The summed E-state index contributed by atoms with van der Waals surface area (Å²) in [4.78, 5) is 26.5. The Morgan fingerprint density at radius 1 is 1.29 bits per heavy atom. The van der Waals surface area contributed by atoms with E-state index in [1.54, 1.807) is 24.1 Å². The van der Waals surface area contributed by atoms with Crippen LogP contribution in [0.1, 0.15) is 25.3 Å². The standard InChI is InChI=1S/C17H24FN3O3/c1-3-21(11-16(22)23)15-8-14(9-15)19-17(24)20(2)10-12-4-6-13(18)7-5-12/h4-7,14-15H,3,8-11H2,1-2H3,(H,19,24)(H,22,23). The molecule has 0 atom stereocenters. The molecule has 0 heterocycles. The van der Waals surface area contributed by atoms with Gasteiger partial charge in [-0.1, -0.05) is 19.1 Å². The predicted molar refractivity (Wildman–Crippen MR) is 88.1 cm³/mol. The number of nitrogens with one attached hydrogen (secondary N) is 1. The van der Waals surface area contributed by atoms with Crippen LogP contribution in [0.15, 0.2) is 24.3 Å². The van der Waals surface area contributed by atoms with Gasteiger partial charge in [-0.2, -0.15) is 0 Å². The van der Waals surface area contributed by atoms with Gasteiger partial charge in [0.1, 0.15) is 5.82 Å². The molecule has 0 saturated heterocycles. The van der Waals surface area contributed by atoms with Crippen molar-refractivity contribution in [1.29, 1.82) is 0 Å². The highest BCUT2D eigenvalue weighted by Gasteiger charge is 2.35. The lowest BCUT2D eigenvalue weighted by Gasteiger charge is -2.42. The fraction of sp³-hybridized carbons (Fsp3) is 0.529. The third-order valence-corrected chi connectivity index (χ3v) is 4.38. The number of carbonyl (C=O) groups excluding carboxylic acids is 1. The van der Waals surface area contributed by atoms with Crippen LogP contribution in [0.2, 0.25) is 0 Å². The number of carbonyl (C=O) groups is 2. The highest BCUT2D eigenvalue weighted by molar-refractivity contribution is 5.74. The third kappa shape index (κ3) is 4.92. The van der Waals surface area contributed by atoms with E-state index in [9.17, 15) is 14.0 Å². The van der Waals surface area contributed by atoms with E-state index in [2.05, 4.69) is 5.32 Å². The normalized spacial score (nSPS) is 19.7. The van der Waals surface area contributed by atoms with Crippen molar-refractivity contribution in [2.75, 3.05) is 20.1 Å². The van der Waals surface area contributed by atoms with Gasteiger partial charge in [0.15, 0.2) is 0 Å². The molecule has 0 spiro atoms. The van der Waals surface area contributed by atoms with Gasteiger partial charge in [0.05, 0.1) is 6.54 Å². The largest absolute Gasteiger partial charge is 0.480 e. The topological polar surface area (TPSA) is 72.9 Å². The van der Waals surface area contributed by atoms with Crippen molar-refractivity contribution in [3.05, 3.63) is 35.6 Å². The number of rotatable bonds is 7. The van der Waals surface area contributed by atoms with Crippen molar-refractivity contribution in [3.8, 4) is 0 Å². The Morgan fingerprint density at radius 2 is 1.92 bits per heavy atom. The molecule has 132 valence electrons. The molecule has 2 rings (SSSR count). The van der Waals surface area contributed by atoms with Crippen LogP contribution in [0.4, 0.5) is 9.18 Å². The minimum Gasteiger partial charge on any atom is -0.480 e. The smallest absolute Gasteiger partial charge is 0.317 e. The van der Waals surface area contributed by atoms with Crippen LogP contribution in [-0.2, 0) is 11.3 Å². The van der Waals surface area contributed by atoms with Crippen LogP contribution in [-0.4, -0.2) is 59.1 Å². The van der Waals surface area contributed by atoms with Gasteiger partial charge in [0.2, 0.25) is 0 Å². The van der Waals surface area contributed by atoms with Crippen LogP contribution >= 0.6 is 0 Å². The first kappa shape index (κ1) is 18.2. The molecule has 1 aliphatic carbocycles. The van der Waals surface area contributed by atoms with E-state index >= 15 is 0 Å². The van der Waals surface area contributed by atoms with E-state index in [4.69, 9.17) is 5.11 Å². The molecule has 0 bridgehead atoms. The molecule has 1 fully saturated rings. The zero-order valence-electron chi connectivity index (χ0n) is 14.0. The highest BCUT2D eigenvalue weighted by Crippen LogP contribution is 2.25. The van der Waals surface area contributed by atoms with Gasteiger partial charge in [0.25, 0.3) is 0 Å². The molecule has 7 heteroatoms. The number of nitrogens with zero attached hydrogens (tertiary/aromatic N) is 2. The Bertz CT molecular complexity index is 573. The molecule has 1 aromatic rings. The fourth-order valence-electron chi connectivity index (χ4n) is 2.90. The van der Waals surface area contributed by atoms with Gasteiger partial charge in [-0.15, -0.1) is 0 Å². The summed E-state index contributed by atoms with van der Waals surface area (Å²) in [6.07, 6.45) is 1.52. The van der Waals surface area contributed by atoms with Crippen LogP contribution in [0.5, 0.6) is 0 Å². The number of carboxylic acids is 1. The number of aliphatic carboxylic acids is 1. The monoisotopic (exact) mass is 337 g/mol. The van der Waals surface area contributed by atoms with Gasteiger partial charge in [-0.3, -0.25) is 9.69 Å². The summed E-state index contributed by atoms with van der Waals surface area (Å²) in [6, 6.07) is 6.16. The number of likely N-dealkylation sites (N-methyl/N-ethyl adjacent to an activating group) is 1. The maximum atomic E-state index is 12.9. The summed E-state index contributed by atoms with van der Waals surface area (Å²) in [5.41, 5.74) is 0.860. The minimum absolute atomic E-state index is 0.0340. The molecule has 0 radical (unpaired) electrons. The van der Waals surface area contributed by atoms with Crippen molar-refractivity contribution < 1.29 is 19.1 Å². The molecule has 6 nitrogen and oxygen atoms in total. The SMILES string of the molecule is CCN(CC(=O)O)C1CC(NC(=O)N(C)Cc2ccc(F)cc2)C1. The van der Waals surface area contributed by atoms with Crippen molar-refractivity contribution in [2.45, 2.75) is 38.4 Å². The summed E-state index contributed by atoms with van der Waals surface area (Å²) >= 11 is 0. The molecule has 2 N–H and O–H groups in total. The minimum atomic E-state index is -0.830. The Hall–Kier alpha value is -2.15. The van der Waals surface area contributed by atoms with E-state index < -0.39 is 5.97 Å². The molecule has 1 aliphatic rings.